The predicted molar refractivity (Wildman–Crippen MR) is 116 cm³/mol. The second-order valence-electron chi connectivity index (χ2n) is 7.87. The smallest absolute Gasteiger partial charge is 0.437 e. The van der Waals surface area contributed by atoms with E-state index in [1.54, 1.807) is 6.07 Å². The minimum absolute atomic E-state index is 0.0371. The third kappa shape index (κ3) is 4.81. The van der Waals surface area contributed by atoms with Crippen LogP contribution in [0.1, 0.15) is 36.6 Å². The summed E-state index contributed by atoms with van der Waals surface area (Å²) in [6.07, 6.45) is -0.803. The molecule has 2 aromatic carbocycles. The summed E-state index contributed by atoms with van der Waals surface area (Å²) in [6.45, 7) is 2.93. The first kappa shape index (κ1) is 22.7. The Bertz CT molecular complexity index is 1290. The molecule has 2 aromatic heterocycles. The molecule has 0 bridgehead atoms. The molecule has 4 rings (SSSR count). The molecule has 174 valence electrons. The molecule has 6 nitrogen and oxygen atoms in total. The zero-order valence-corrected chi connectivity index (χ0v) is 18.0. The number of aryl methyl sites for hydroxylation is 2. The Morgan fingerprint density at radius 1 is 1.21 bits per heavy atom. The van der Waals surface area contributed by atoms with Gasteiger partial charge in [0.15, 0.2) is 11.3 Å². The van der Waals surface area contributed by atoms with Gasteiger partial charge in [0.25, 0.3) is 0 Å². The number of nitrogens with zero attached hydrogens (tertiary/aromatic N) is 2. The van der Waals surface area contributed by atoms with Gasteiger partial charge in [-0.15, -0.1) is 0 Å². The van der Waals surface area contributed by atoms with Crippen LogP contribution in [0.25, 0.3) is 21.9 Å². The van der Waals surface area contributed by atoms with E-state index < -0.39 is 17.8 Å². The Morgan fingerprint density at radius 2 is 2.03 bits per heavy atom. The molecule has 9 heteroatoms. The predicted octanol–water partition coefficient (Wildman–Crippen LogP) is 5.85. The lowest BCUT2D eigenvalue weighted by molar-refractivity contribution is -0.141. The molecule has 0 amide bonds. The Kier molecular flexibility index (Phi) is 6.31. The number of ether oxygens (including phenoxy) is 1. The van der Waals surface area contributed by atoms with Crippen LogP contribution >= 0.6 is 0 Å². The number of carboxylic acid groups (broad SMARTS) is 1. The van der Waals surface area contributed by atoms with E-state index in [1.807, 2.05) is 42.0 Å². The number of rotatable bonds is 9. The highest BCUT2D eigenvalue weighted by molar-refractivity contribution is 5.85. The Hall–Kier alpha value is -3.49. The van der Waals surface area contributed by atoms with Crippen LogP contribution in [0.3, 0.4) is 0 Å². The first-order valence-electron chi connectivity index (χ1n) is 10.7. The quantitative estimate of drug-likeness (QED) is 0.317. The summed E-state index contributed by atoms with van der Waals surface area (Å²) >= 11 is 0. The van der Waals surface area contributed by atoms with Crippen LogP contribution in [-0.2, 0) is 30.4 Å². The van der Waals surface area contributed by atoms with Gasteiger partial charge in [0.1, 0.15) is 5.75 Å². The zero-order valence-electron chi connectivity index (χ0n) is 18.0. The number of carboxylic acids is 1. The fourth-order valence-corrected chi connectivity index (χ4v) is 3.99. The van der Waals surface area contributed by atoms with E-state index in [-0.39, 0.29) is 17.4 Å². The summed E-state index contributed by atoms with van der Waals surface area (Å²) in [5.41, 5.74) is 1.35. The van der Waals surface area contributed by atoms with Gasteiger partial charge < -0.3 is 18.9 Å². The second-order valence-corrected chi connectivity index (χ2v) is 7.87. The minimum atomic E-state index is -4.58. The van der Waals surface area contributed by atoms with E-state index in [2.05, 4.69) is 5.16 Å². The monoisotopic (exact) mass is 460 g/mol. The molecule has 2 heterocycles. The highest BCUT2D eigenvalue weighted by Crippen LogP contribution is 2.38. The lowest BCUT2D eigenvalue weighted by Crippen LogP contribution is -2.07. The summed E-state index contributed by atoms with van der Waals surface area (Å²) in [5, 5.41) is 13.2. The number of carbonyl (C=O) groups is 1. The van der Waals surface area contributed by atoms with Gasteiger partial charge in [-0.1, -0.05) is 30.6 Å². The molecular weight excluding hydrogens is 437 g/mol. The number of aliphatic carboxylic acids is 1. The van der Waals surface area contributed by atoms with E-state index in [0.29, 0.717) is 43.7 Å². The van der Waals surface area contributed by atoms with Crippen LogP contribution in [-0.4, -0.2) is 27.4 Å². The van der Waals surface area contributed by atoms with Crippen molar-refractivity contribution in [3.05, 3.63) is 59.4 Å². The molecule has 0 fully saturated rings. The maximum atomic E-state index is 13.2. The first-order chi connectivity index (χ1) is 15.8. The van der Waals surface area contributed by atoms with Gasteiger partial charge in [0, 0.05) is 23.8 Å². The molecule has 4 aromatic rings. The van der Waals surface area contributed by atoms with Crippen molar-refractivity contribution in [2.75, 3.05) is 6.61 Å². The van der Waals surface area contributed by atoms with Crippen LogP contribution in [0.4, 0.5) is 13.2 Å². The van der Waals surface area contributed by atoms with Gasteiger partial charge in [-0.25, -0.2) is 0 Å². The Balaban J connectivity index is 1.47. The van der Waals surface area contributed by atoms with Crippen molar-refractivity contribution in [3.8, 4) is 5.75 Å². The second kappa shape index (κ2) is 9.17. The topological polar surface area (TPSA) is 77.5 Å². The molecule has 0 aliphatic rings. The fraction of sp³-hybridized carbons (Fsp3) is 0.333. The maximum absolute atomic E-state index is 13.2. The summed E-state index contributed by atoms with van der Waals surface area (Å²) in [4.78, 5) is 11.0. The van der Waals surface area contributed by atoms with Crippen LogP contribution in [0, 0.1) is 0 Å². The number of fused-ring (bicyclic) bond motifs is 2. The molecule has 0 spiro atoms. The number of hydrogen-bond donors (Lipinski definition) is 1. The van der Waals surface area contributed by atoms with Crippen LogP contribution in [0.15, 0.2) is 47.1 Å². The lowest BCUT2D eigenvalue weighted by atomic mass is 10.0. The molecule has 0 radical (unpaired) electrons. The van der Waals surface area contributed by atoms with Crippen molar-refractivity contribution < 1.29 is 32.3 Å². The van der Waals surface area contributed by atoms with E-state index in [4.69, 9.17) is 14.4 Å². The van der Waals surface area contributed by atoms with E-state index >= 15 is 0 Å². The fourth-order valence-electron chi connectivity index (χ4n) is 3.99. The zero-order chi connectivity index (χ0) is 23.6. The van der Waals surface area contributed by atoms with Gasteiger partial charge in [-0.3, -0.25) is 4.79 Å². The summed E-state index contributed by atoms with van der Waals surface area (Å²) in [5.74, 6) is -0.384. The van der Waals surface area contributed by atoms with Crippen molar-refractivity contribution in [2.45, 2.75) is 45.3 Å². The van der Waals surface area contributed by atoms with E-state index in [1.165, 1.54) is 6.07 Å². The van der Waals surface area contributed by atoms with Gasteiger partial charge >= 0.3 is 12.1 Å². The highest BCUT2D eigenvalue weighted by atomic mass is 19.4. The molecular formula is C24H23F3N2O4. The molecule has 0 saturated heterocycles. The standard InChI is InChI=1S/C24H23F3N2O4/c1-2-4-17-20(8-7-18-22(17)33-28-23(18)24(25,26)27)32-12-3-10-29-11-9-16-6-5-15(13-19(16)29)14-21(30)31/h5-9,11,13H,2-4,10,12,14H2,1H3,(H,30,31). The van der Waals surface area contributed by atoms with Gasteiger partial charge in [-0.05, 0) is 48.1 Å². The SMILES string of the molecule is CCCc1c(OCCCn2ccc3ccc(CC(=O)O)cc32)ccc2c(C(F)(F)F)noc12. The van der Waals surface area contributed by atoms with Crippen LogP contribution < -0.4 is 4.74 Å². The number of aromatic nitrogens is 2. The summed E-state index contributed by atoms with van der Waals surface area (Å²) in [7, 11) is 0. The van der Waals surface area contributed by atoms with Gasteiger partial charge in [-0.2, -0.15) is 13.2 Å². The lowest BCUT2D eigenvalue weighted by Gasteiger charge is -2.12. The van der Waals surface area contributed by atoms with Crippen molar-refractivity contribution in [1.82, 2.24) is 9.72 Å². The number of hydrogen-bond acceptors (Lipinski definition) is 4. The summed E-state index contributed by atoms with van der Waals surface area (Å²) < 4.78 is 52.5. The Morgan fingerprint density at radius 3 is 2.76 bits per heavy atom. The third-order valence-electron chi connectivity index (χ3n) is 5.46. The molecule has 0 atom stereocenters. The Labute approximate surface area is 187 Å². The molecule has 0 saturated carbocycles. The van der Waals surface area contributed by atoms with Crippen molar-refractivity contribution in [1.29, 1.82) is 0 Å². The first-order valence-corrected chi connectivity index (χ1v) is 10.7. The van der Waals surface area contributed by atoms with Crippen LogP contribution in [0.5, 0.6) is 5.75 Å². The molecule has 0 aliphatic heterocycles. The van der Waals surface area contributed by atoms with E-state index in [0.717, 1.165) is 16.5 Å². The molecule has 1 N–H and O–H groups in total. The van der Waals surface area contributed by atoms with Crippen molar-refractivity contribution >= 4 is 27.8 Å². The molecule has 0 aliphatic carbocycles. The van der Waals surface area contributed by atoms with Gasteiger partial charge in [0.05, 0.1) is 18.4 Å². The molecule has 0 unspecified atom stereocenters. The van der Waals surface area contributed by atoms with Gasteiger partial charge in [0.2, 0.25) is 0 Å². The average Bonchev–Trinajstić information content (AvgIpc) is 3.36. The third-order valence-corrected chi connectivity index (χ3v) is 5.46. The van der Waals surface area contributed by atoms with Crippen molar-refractivity contribution in [2.24, 2.45) is 0 Å². The number of halogens is 3. The molecule has 33 heavy (non-hydrogen) atoms. The van der Waals surface area contributed by atoms with Crippen molar-refractivity contribution in [3.63, 3.8) is 0 Å². The maximum Gasteiger partial charge on any atom is 0.437 e. The summed E-state index contributed by atoms with van der Waals surface area (Å²) in [6, 6.07) is 10.4. The largest absolute Gasteiger partial charge is 0.493 e. The normalized spacial score (nSPS) is 12.0. The number of alkyl halides is 3. The minimum Gasteiger partial charge on any atom is -0.493 e. The highest BCUT2D eigenvalue weighted by Gasteiger charge is 2.37. The van der Waals surface area contributed by atoms with Crippen LogP contribution in [0.2, 0.25) is 0 Å². The number of benzene rings is 2. The average molecular weight is 460 g/mol. The van der Waals surface area contributed by atoms with E-state index in [9.17, 15) is 18.0 Å².